The Balaban J connectivity index is 1.18. The number of nitrogens with one attached hydrogen (secondary N) is 3. The number of hydrogen-bond donors (Lipinski definition) is 18. The van der Waals surface area contributed by atoms with Gasteiger partial charge in [-0.1, -0.05) is 206 Å². The van der Waals surface area contributed by atoms with Gasteiger partial charge in [-0.3, -0.25) is 14.4 Å². The van der Waals surface area contributed by atoms with E-state index < -0.39 is 217 Å². The predicted molar refractivity (Wildman–Crippen MR) is 380 cm³/mol. The number of aliphatic hydroxyl groups is 15. The Morgan fingerprint density at radius 3 is 1.16 bits per heavy atom. The molecule has 105 heavy (non-hydrogen) atoms. The van der Waals surface area contributed by atoms with E-state index in [2.05, 4.69) is 29.8 Å². The summed E-state index contributed by atoms with van der Waals surface area (Å²) in [5.74, 6) is -1.87. The van der Waals surface area contributed by atoms with Crippen LogP contribution in [0.25, 0.3) is 0 Å². The molecule has 5 rings (SSSR count). The number of aliphatic hydroxyl groups excluding tert-OH is 15. The van der Waals surface area contributed by atoms with E-state index in [1.54, 1.807) is 6.08 Å². The third kappa shape index (κ3) is 30.6. The zero-order valence-electron chi connectivity index (χ0n) is 62.6. The molecule has 10 unspecified atom stereocenters. The summed E-state index contributed by atoms with van der Waals surface area (Å²) in [4.78, 5) is 38.6. The van der Waals surface area contributed by atoms with E-state index in [1.165, 1.54) is 141 Å². The van der Waals surface area contributed by atoms with Crippen LogP contribution in [0, 0.1) is 0 Å². The van der Waals surface area contributed by atoms with Gasteiger partial charge in [-0.15, -0.1) is 0 Å². The van der Waals surface area contributed by atoms with Crippen LogP contribution in [-0.2, 0) is 61.8 Å². The van der Waals surface area contributed by atoms with E-state index in [4.69, 9.17) is 47.4 Å². The summed E-state index contributed by atoms with van der Waals surface area (Å²) >= 11 is 0. The van der Waals surface area contributed by atoms with Crippen molar-refractivity contribution in [1.29, 1.82) is 0 Å². The van der Waals surface area contributed by atoms with Crippen LogP contribution in [0.5, 0.6) is 0 Å². The Hall–Kier alpha value is -2.85. The molecule has 0 bridgehead atoms. The van der Waals surface area contributed by atoms with Crippen molar-refractivity contribution < 1.29 is 138 Å². The van der Waals surface area contributed by atoms with Gasteiger partial charge in [0.25, 0.3) is 0 Å². The van der Waals surface area contributed by atoms with Gasteiger partial charge in [0.15, 0.2) is 31.5 Å². The zero-order valence-corrected chi connectivity index (χ0v) is 62.6. The Kier molecular flexibility index (Phi) is 45.6. The van der Waals surface area contributed by atoms with Crippen molar-refractivity contribution >= 4 is 17.7 Å². The zero-order chi connectivity index (χ0) is 76.8. The molecular formula is C74H135N3O28. The number of amides is 3. The fourth-order valence-electron chi connectivity index (χ4n) is 14.3. The summed E-state index contributed by atoms with van der Waals surface area (Å²) in [6.07, 6.45) is -3.73. The van der Waals surface area contributed by atoms with E-state index in [1.807, 2.05) is 6.08 Å². The normalized spacial score (nSPS) is 34.4. The maximum absolute atomic E-state index is 13.5. The minimum absolute atomic E-state index is 0.196. The second-order valence-electron chi connectivity index (χ2n) is 29.3. The highest BCUT2D eigenvalue weighted by Crippen LogP contribution is 2.37. The average Bonchev–Trinajstić information content (AvgIpc) is 0.775. The van der Waals surface area contributed by atoms with Gasteiger partial charge in [0.2, 0.25) is 17.7 Å². The van der Waals surface area contributed by atoms with Crippen LogP contribution in [0.2, 0.25) is 0 Å². The van der Waals surface area contributed by atoms with Crippen LogP contribution in [0.15, 0.2) is 12.2 Å². The summed E-state index contributed by atoms with van der Waals surface area (Å²) in [6.45, 7) is 1.41. The van der Waals surface area contributed by atoms with Crippen molar-refractivity contribution in [2.75, 3.05) is 39.6 Å². The Morgan fingerprint density at radius 2 is 0.714 bits per heavy atom. The van der Waals surface area contributed by atoms with Crippen molar-refractivity contribution in [3.63, 3.8) is 0 Å². The standard InChI is InChI=1S/C74H135N3O28/c1-5-7-9-11-13-15-17-19-20-21-22-23-24-26-28-30-32-34-36-38-54(86)77-47(48(85)37-35-33-31-29-27-25-18-16-14-12-10-8-6-2)44-96-72-63(93)61(91)66(52(42-81)100-72)102-73-64(94)62(92)67(53(43-82)101-73)103-74-65(95)69(59(89)51(41-80)99-74)105-71-56(76-46(4)84)68(58(88)50(40-79)98-71)104-70-55(75-45(3)83)60(90)57(87)49(39-78)97-70/h35,37,47-53,55-74,78-82,85,87-95H,5-34,36,38-44H2,1-4H3,(H,75,83)(H,76,84)(H,77,86)/b37-35+/t47-,48+,49?,50?,51?,52?,53?,55?,56?,57-,58-,59-,60+,61+,62+,63?,64?,65?,66+,67-,68+,69-,70+,71-,72+,73-,74-/m0/s1. The molecule has 3 amide bonds. The van der Waals surface area contributed by atoms with Crippen LogP contribution >= 0.6 is 0 Å². The number of carbonyl (C=O) groups excluding carboxylic acids is 3. The summed E-state index contributed by atoms with van der Waals surface area (Å²) in [6, 6.07) is -4.33. The minimum Gasteiger partial charge on any atom is -0.394 e. The number of unbranched alkanes of at least 4 members (excludes halogenated alkanes) is 29. The highest BCUT2D eigenvalue weighted by Gasteiger charge is 2.57. The molecule has 0 aromatic heterocycles. The van der Waals surface area contributed by atoms with Gasteiger partial charge in [0.05, 0.1) is 51.8 Å². The first kappa shape index (κ1) is 92.8. The van der Waals surface area contributed by atoms with E-state index in [-0.39, 0.29) is 12.3 Å². The topological polar surface area (TPSA) is 483 Å². The summed E-state index contributed by atoms with van der Waals surface area (Å²) in [5.41, 5.74) is 0. The fraction of sp³-hybridized carbons (Fsp3) is 0.932. The highest BCUT2D eigenvalue weighted by molar-refractivity contribution is 5.76. The van der Waals surface area contributed by atoms with Gasteiger partial charge in [0.1, 0.15) is 122 Å². The molecule has 31 nitrogen and oxygen atoms in total. The second-order valence-corrected chi connectivity index (χ2v) is 29.3. The number of allylic oxidation sites excluding steroid dienone is 1. The maximum Gasteiger partial charge on any atom is 0.220 e. The van der Waals surface area contributed by atoms with Crippen LogP contribution < -0.4 is 16.0 Å². The largest absolute Gasteiger partial charge is 0.394 e. The molecule has 5 aliphatic rings. The van der Waals surface area contributed by atoms with E-state index >= 15 is 0 Å². The van der Waals surface area contributed by atoms with Gasteiger partial charge in [-0.05, 0) is 19.3 Å². The molecule has 5 fully saturated rings. The first-order valence-corrected chi connectivity index (χ1v) is 39.5. The third-order valence-corrected chi connectivity index (χ3v) is 20.6. The molecular weight excluding hydrogens is 1380 g/mol. The van der Waals surface area contributed by atoms with Gasteiger partial charge in [-0.25, -0.2) is 0 Å². The maximum atomic E-state index is 13.5. The molecule has 0 saturated carbocycles. The summed E-state index contributed by atoms with van der Waals surface area (Å²) < 4.78 is 59.1. The van der Waals surface area contributed by atoms with E-state index in [0.29, 0.717) is 12.8 Å². The minimum atomic E-state index is -2.20. The smallest absolute Gasteiger partial charge is 0.220 e. The highest BCUT2D eigenvalue weighted by atomic mass is 16.8. The predicted octanol–water partition coefficient (Wildman–Crippen LogP) is 1.31. The van der Waals surface area contributed by atoms with Crippen molar-refractivity contribution in [2.45, 2.75) is 399 Å². The fourth-order valence-corrected chi connectivity index (χ4v) is 14.3. The molecule has 614 valence electrons. The number of ether oxygens (including phenoxy) is 10. The number of hydrogen-bond acceptors (Lipinski definition) is 28. The quantitative estimate of drug-likeness (QED) is 0.0301. The third-order valence-electron chi connectivity index (χ3n) is 20.6. The number of carbonyl (C=O) groups is 3. The average molecular weight is 1510 g/mol. The van der Waals surface area contributed by atoms with E-state index in [9.17, 15) is 91.0 Å². The Morgan fingerprint density at radius 1 is 0.371 bits per heavy atom. The molecule has 31 heteroatoms. The van der Waals surface area contributed by atoms with E-state index in [0.717, 1.165) is 58.8 Å². The summed E-state index contributed by atoms with van der Waals surface area (Å²) in [5, 5.41) is 174. The Labute approximate surface area is 620 Å². The lowest BCUT2D eigenvalue weighted by molar-refractivity contribution is -0.388. The van der Waals surface area contributed by atoms with Crippen molar-refractivity contribution in [3.05, 3.63) is 12.2 Å². The molecule has 0 spiro atoms. The molecule has 0 radical (unpaired) electrons. The lowest BCUT2D eigenvalue weighted by Gasteiger charge is -2.50. The molecule has 0 aromatic carbocycles. The van der Waals surface area contributed by atoms with Crippen molar-refractivity contribution in [1.82, 2.24) is 16.0 Å². The first-order chi connectivity index (χ1) is 50.6. The van der Waals surface area contributed by atoms with Gasteiger partial charge in [-0.2, -0.15) is 0 Å². The Bertz CT molecular complexity index is 2340. The molecule has 27 atom stereocenters. The van der Waals surface area contributed by atoms with Gasteiger partial charge >= 0.3 is 0 Å². The SMILES string of the molecule is CCCCCCCCCCCCC/C=C/[C@@H](O)[C@H](CO[C@@H]1OC(CO)[C@@H](O[C@@H]2OC(CO)[C@H](O[C@@H]3OC(CO)[C@H](O)[C@H](O[C@@H]4OC(CO)[C@H](O)[C@H](O[C@H]5OC(CO)[C@H](O)[C@H](O)C5NC(C)=O)C4NC(C)=O)C3O)[C@H](O)C2O)[C@H](O)C1O)NC(=O)CCCCCCCCCCCCCCCCCCCCC. The number of rotatable bonds is 53. The molecule has 0 aromatic rings. The van der Waals surface area contributed by atoms with Crippen LogP contribution in [0.3, 0.4) is 0 Å². The summed E-state index contributed by atoms with van der Waals surface area (Å²) in [7, 11) is 0. The van der Waals surface area contributed by atoms with Crippen molar-refractivity contribution in [3.8, 4) is 0 Å². The first-order valence-electron chi connectivity index (χ1n) is 39.5. The van der Waals surface area contributed by atoms with Crippen LogP contribution in [0.1, 0.15) is 233 Å². The van der Waals surface area contributed by atoms with Gasteiger partial charge in [0, 0.05) is 20.3 Å². The van der Waals surface area contributed by atoms with Crippen LogP contribution in [0.4, 0.5) is 0 Å². The molecule has 0 aliphatic carbocycles. The van der Waals surface area contributed by atoms with Crippen LogP contribution in [-0.4, -0.2) is 300 Å². The molecule has 18 N–H and O–H groups in total. The lowest BCUT2D eigenvalue weighted by Crippen LogP contribution is -2.71. The molecule has 5 aliphatic heterocycles. The molecule has 5 heterocycles. The van der Waals surface area contributed by atoms with Gasteiger partial charge < -0.3 is 140 Å². The molecule has 5 saturated heterocycles. The monoisotopic (exact) mass is 1510 g/mol. The lowest BCUT2D eigenvalue weighted by atomic mass is 9.93. The van der Waals surface area contributed by atoms with Crippen molar-refractivity contribution in [2.24, 2.45) is 0 Å². The second kappa shape index (κ2) is 51.7.